The Balaban J connectivity index is 1.69. The van der Waals surface area contributed by atoms with Crippen molar-refractivity contribution < 1.29 is 4.79 Å². The van der Waals surface area contributed by atoms with E-state index in [1.807, 2.05) is 31.2 Å². The number of carbonyl (C=O) groups is 1. The Morgan fingerprint density at radius 3 is 2.63 bits per heavy atom. The van der Waals surface area contributed by atoms with Gasteiger partial charge in [0.25, 0.3) is 5.56 Å². The molecular weight excluding hydrogens is 358 g/mol. The second-order valence-electron chi connectivity index (χ2n) is 7.27. The SMILES string of the molecule is CCCn1c(SCC(=O)NC2CCCCCCC2)nc2ccccc2c1=O. The van der Waals surface area contributed by atoms with Crippen molar-refractivity contribution in [1.82, 2.24) is 14.9 Å². The highest BCUT2D eigenvalue weighted by Crippen LogP contribution is 2.20. The smallest absolute Gasteiger partial charge is 0.262 e. The summed E-state index contributed by atoms with van der Waals surface area (Å²) in [6, 6.07) is 7.70. The lowest BCUT2D eigenvalue weighted by molar-refractivity contribution is -0.119. The van der Waals surface area contributed by atoms with E-state index >= 15 is 0 Å². The Morgan fingerprint density at radius 1 is 1.19 bits per heavy atom. The Hall–Kier alpha value is -1.82. The summed E-state index contributed by atoms with van der Waals surface area (Å²) < 4.78 is 1.70. The molecule has 1 aromatic carbocycles. The van der Waals surface area contributed by atoms with Gasteiger partial charge in [0.05, 0.1) is 16.7 Å². The van der Waals surface area contributed by atoms with Gasteiger partial charge in [-0.15, -0.1) is 0 Å². The molecule has 1 amide bonds. The number of hydrogen-bond acceptors (Lipinski definition) is 4. The summed E-state index contributed by atoms with van der Waals surface area (Å²) in [5.41, 5.74) is 0.670. The van der Waals surface area contributed by atoms with Crippen molar-refractivity contribution in [3.05, 3.63) is 34.6 Å². The molecule has 0 atom stereocenters. The highest BCUT2D eigenvalue weighted by Gasteiger charge is 2.16. The van der Waals surface area contributed by atoms with Crippen LogP contribution in [-0.4, -0.2) is 27.3 Å². The van der Waals surface area contributed by atoms with E-state index < -0.39 is 0 Å². The molecule has 0 radical (unpaired) electrons. The number of nitrogens with one attached hydrogen (secondary N) is 1. The van der Waals surface area contributed by atoms with Crippen LogP contribution in [-0.2, 0) is 11.3 Å². The van der Waals surface area contributed by atoms with E-state index in [4.69, 9.17) is 0 Å². The Labute approximate surface area is 164 Å². The summed E-state index contributed by atoms with van der Waals surface area (Å²) in [7, 11) is 0. The third kappa shape index (κ3) is 5.34. The van der Waals surface area contributed by atoms with Gasteiger partial charge < -0.3 is 5.32 Å². The molecule has 146 valence electrons. The number of amides is 1. The third-order valence-corrected chi connectivity index (χ3v) is 6.05. The second kappa shape index (κ2) is 9.93. The fourth-order valence-electron chi connectivity index (χ4n) is 3.68. The molecular formula is C21H29N3O2S. The molecule has 5 nitrogen and oxygen atoms in total. The normalized spacial score (nSPS) is 16.0. The zero-order chi connectivity index (χ0) is 19.1. The molecule has 0 unspecified atom stereocenters. The Bertz CT molecular complexity index is 826. The van der Waals surface area contributed by atoms with Crippen LogP contribution in [0.25, 0.3) is 10.9 Å². The summed E-state index contributed by atoms with van der Waals surface area (Å²) >= 11 is 1.36. The van der Waals surface area contributed by atoms with Gasteiger partial charge in [-0.25, -0.2) is 4.98 Å². The van der Waals surface area contributed by atoms with Gasteiger partial charge in [-0.3, -0.25) is 14.2 Å². The van der Waals surface area contributed by atoms with Gasteiger partial charge in [-0.05, 0) is 31.4 Å². The number of nitrogens with zero attached hydrogens (tertiary/aromatic N) is 2. The Kier molecular flexibility index (Phi) is 7.33. The van der Waals surface area contributed by atoms with Crippen molar-refractivity contribution in [3.63, 3.8) is 0 Å². The standard InChI is InChI=1S/C21H29N3O2S/c1-2-14-24-20(26)17-12-8-9-13-18(17)23-21(24)27-15-19(25)22-16-10-6-4-3-5-7-11-16/h8-9,12-13,16H,2-7,10-11,14-15H2,1H3,(H,22,25). The fraction of sp³-hybridized carbons (Fsp3) is 0.571. The predicted octanol–water partition coefficient (Wildman–Crippen LogP) is 4.13. The first kappa shape index (κ1) is 19.9. The van der Waals surface area contributed by atoms with Gasteiger partial charge in [0, 0.05) is 12.6 Å². The maximum atomic E-state index is 12.8. The van der Waals surface area contributed by atoms with E-state index in [1.165, 1.54) is 43.9 Å². The van der Waals surface area contributed by atoms with E-state index in [9.17, 15) is 9.59 Å². The first-order valence-electron chi connectivity index (χ1n) is 10.1. The average Bonchev–Trinajstić information content (AvgIpc) is 2.65. The van der Waals surface area contributed by atoms with Gasteiger partial charge in [0.1, 0.15) is 0 Å². The summed E-state index contributed by atoms with van der Waals surface area (Å²) in [6.45, 7) is 2.65. The molecule has 1 aliphatic carbocycles. The number of aromatic nitrogens is 2. The molecule has 1 fully saturated rings. The first-order valence-corrected chi connectivity index (χ1v) is 11.1. The van der Waals surface area contributed by atoms with Crippen LogP contribution < -0.4 is 10.9 Å². The van der Waals surface area contributed by atoms with Crippen molar-refractivity contribution in [2.24, 2.45) is 0 Å². The minimum absolute atomic E-state index is 0.0228. The fourth-order valence-corrected chi connectivity index (χ4v) is 4.52. The topological polar surface area (TPSA) is 64.0 Å². The lowest BCUT2D eigenvalue weighted by atomic mass is 9.97. The lowest BCUT2D eigenvalue weighted by Crippen LogP contribution is -2.36. The average molecular weight is 388 g/mol. The largest absolute Gasteiger partial charge is 0.353 e. The van der Waals surface area contributed by atoms with Crippen molar-refractivity contribution in [1.29, 1.82) is 0 Å². The van der Waals surface area contributed by atoms with Crippen molar-refractivity contribution in [3.8, 4) is 0 Å². The minimum atomic E-state index is -0.0228. The lowest BCUT2D eigenvalue weighted by Gasteiger charge is -2.21. The second-order valence-corrected chi connectivity index (χ2v) is 8.21. The van der Waals surface area contributed by atoms with Gasteiger partial charge in [-0.2, -0.15) is 0 Å². The van der Waals surface area contributed by atoms with Crippen molar-refractivity contribution in [2.75, 3.05) is 5.75 Å². The number of thioether (sulfide) groups is 1. The molecule has 6 heteroatoms. The van der Waals surface area contributed by atoms with Crippen LogP contribution in [0.15, 0.2) is 34.2 Å². The van der Waals surface area contributed by atoms with E-state index in [0.717, 1.165) is 19.3 Å². The van der Waals surface area contributed by atoms with Gasteiger partial charge in [0.15, 0.2) is 5.16 Å². The highest BCUT2D eigenvalue weighted by molar-refractivity contribution is 7.99. The molecule has 1 aliphatic rings. The van der Waals surface area contributed by atoms with Crippen LogP contribution in [0.5, 0.6) is 0 Å². The number of benzene rings is 1. The molecule has 0 saturated heterocycles. The van der Waals surface area contributed by atoms with Gasteiger partial charge >= 0.3 is 0 Å². The monoisotopic (exact) mass is 387 g/mol. The van der Waals surface area contributed by atoms with Gasteiger partial charge in [0.2, 0.25) is 5.91 Å². The van der Waals surface area contributed by atoms with Crippen LogP contribution >= 0.6 is 11.8 Å². The minimum Gasteiger partial charge on any atom is -0.353 e. The van der Waals surface area contributed by atoms with Crippen LogP contribution in [0.3, 0.4) is 0 Å². The van der Waals surface area contributed by atoms with Crippen LogP contribution in [0.1, 0.15) is 58.3 Å². The molecule has 2 aromatic rings. The number of hydrogen-bond donors (Lipinski definition) is 1. The molecule has 3 rings (SSSR count). The van der Waals surface area contributed by atoms with E-state index in [-0.39, 0.29) is 11.5 Å². The Morgan fingerprint density at radius 2 is 1.89 bits per heavy atom. The van der Waals surface area contributed by atoms with Crippen LogP contribution in [0, 0.1) is 0 Å². The summed E-state index contributed by atoms with van der Waals surface area (Å²) in [5, 5.41) is 4.45. The first-order chi connectivity index (χ1) is 13.2. The third-order valence-electron chi connectivity index (χ3n) is 5.08. The molecule has 0 spiro atoms. The molecule has 1 heterocycles. The molecule has 1 saturated carbocycles. The predicted molar refractivity (Wildman–Crippen MR) is 111 cm³/mol. The number of rotatable bonds is 6. The molecule has 1 N–H and O–H groups in total. The van der Waals surface area contributed by atoms with Crippen molar-refractivity contribution >= 4 is 28.6 Å². The molecule has 0 aliphatic heterocycles. The maximum Gasteiger partial charge on any atom is 0.262 e. The van der Waals surface area contributed by atoms with Crippen LogP contribution in [0.2, 0.25) is 0 Å². The molecule has 0 bridgehead atoms. The number of fused-ring (bicyclic) bond motifs is 1. The van der Waals surface area contributed by atoms with E-state index in [2.05, 4.69) is 10.3 Å². The molecule has 27 heavy (non-hydrogen) atoms. The zero-order valence-corrected chi connectivity index (χ0v) is 16.9. The number of para-hydroxylation sites is 1. The highest BCUT2D eigenvalue weighted by atomic mass is 32.2. The van der Waals surface area contributed by atoms with Crippen molar-refractivity contribution in [2.45, 2.75) is 76.0 Å². The maximum absolute atomic E-state index is 12.8. The van der Waals surface area contributed by atoms with E-state index in [0.29, 0.717) is 34.4 Å². The van der Waals surface area contributed by atoms with Crippen LogP contribution in [0.4, 0.5) is 0 Å². The van der Waals surface area contributed by atoms with Gasteiger partial charge in [-0.1, -0.05) is 62.9 Å². The summed E-state index contributed by atoms with van der Waals surface area (Å²) in [4.78, 5) is 29.9. The molecule has 1 aromatic heterocycles. The zero-order valence-electron chi connectivity index (χ0n) is 16.1. The van der Waals surface area contributed by atoms with E-state index in [1.54, 1.807) is 4.57 Å². The summed E-state index contributed by atoms with van der Waals surface area (Å²) in [5.74, 6) is 0.335. The number of carbonyl (C=O) groups excluding carboxylic acids is 1. The quantitative estimate of drug-likeness (QED) is 0.598. The summed E-state index contributed by atoms with van der Waals surface area (Å²) in [6.07, 6.45) is 9.24.